The van der Waals surface area contributed by atoms with Crippen molar-refractivity contribution in [3.63, 3.8) is 0 Å². The minimum atomic E-state index is -0.0428. The second-order valence-electron chi connectivity index (χ2n) is 8.58. The Bertz CT molecular complexity index is 788. The summed E-state index contributed by atoms with van der Waals surface area (Å²) in [5.74, 6) is 1.29. The van der Waals surface area contributed by atoms with E-state index in [9.17, 15) is 4.79 Å². The molecule has 1 heterocycles. The molecule has 1 aliphatic heterocycles. The average molecular weight is 426 g/mol. The number of rotatable bonds is 9. The van der Waals surface area contributed by atoms with Gasteiger partial charge in [0.1, 0.15) is 0 Å². The summed E-state index contributed by atoms with van der Waals surface area (Å²) in [6.45, 7) is 10.3. The van der Waals surface area contributed by atoms with Crippen molar-refractivity contribution in [2.45, 2.75) is 37.9 Å². The lowest BCUT2D eigenvalue weighted by atomic mass is 10.1. The maximum atomic E-state index is 12.9. The molecular formula is C25H35N3OS. The van der Waals surface area contributed by atoms with Gasteiger partial charge >= 0.3 is 0 Å². The van der Waals surface area contributed by atoms with Crippen LogP contribution in [0.4, 0.5) is 0 Å². The molecule has 2 aromatic carbocycles. The van der Waals surface area contributed by atoms with Crippen LogP contribution in [0.2, 0.25) is 0 Å². The quantitative estimate of drug-likeness (QED) is 0.659. The second-order valence-corrected chi connectivity index (χ2v) is 9.71. The van der Waals surface area contributed by atoms with Crippen LogP contribution in [-0.2, 0) is 23.6 Å². The Morgan fingerprint density at radius 3 is 2.33 bits per heavy atom. The molecule has 30 heavy (non-hydrogen) atoms. The van der Waals surface area contributed by atoms with E-state index in [4.69, 9.17) is 0 Å². The van der Waals surface area contributed by atoms with Crippen LogP contribution >= 0.6 is 11.8 Å². The third kappa shape index (κ3) is 7.15. The predicted octanol–water partition coefficient (Wildman–Crippen LogP) is 4.01. The molecule has 0 saturated carbocycles. The molecule has 2 aromatic rings. The van der Waals surface area contributed by atoms with Crippen molar-refractivity contribution in [3.8, 4) is 0 Å². The van der Waals surface area contributed by atoms with E-state index < -0.39 is 0 Å². The zero-order valence-corrected chi connectivity index (χ0v) is 19.3. The van der Waals surface area contributed by atoms with Crippen molar-refractivity contribution >= 4 is 17.7 Å². The van der Waals surface area contributed by atoms with Gasteiger partial charge in [-0.15, -0.1) is 11.8 Å². The average Bonchev–Trinajstić information content (AvgIpc) is 2.75. The minimum Gasteiger partial charge on any atom is -0.351 e. The Hall–Kier alpha value is -1.82. The molecule has 3 rings (SSSR count). The van der Waals surface area contributed by atoms with Crippen LogP contribution in [0.15, 0.2) is 54.6 Å². The van der Waals surface area contributed by atoms with Gasteiger partial charge in [0.05, 0.1) is 5.25 Å². The first-order valence-corrected chi connectivity index (χ1v) is 12.0. The van der Waals surface area contributed by atoms with Gasteiger partial charge in [-0.1, -0.05) is 68.4 Å². The standard InChI is InChI=1S/C25H35N3OS/c1-20(2)24(30-19-21-8-5-4-6-9-21)25(29)26-17-22-10-7-11-23(16-22)18-28-14-12-27(3)13-15-28/h4-11,16,20,24H,12-15,17-19H2,1-3H3,(H,26,29). The first-order valence-electron chi connectivity index (χ1n) is 10.9. The number of carbonyl (C=O) groups excluding carboxylic acids is 1. The van der Waals surface area contributed by atoms with E-state index in [-0.39, 0.29) is 11.2 Å². The Balaban J connectivity index is 1.51. The van der Waals surface area contributed by atoms with Crippen molar-refractivity contribution in [3.05, 3.63) is 71.3 Å². The molecule has 0 aromatic heterocycles. The molecule has 0 aliphatic carbocycles. The molecule has 1 saturated heterocycles. The van der Waals surface area contributed by atoms with Crippen LogP contribution in [0.1, 0.15) is 30.5 Å². The largest absolute Gasteiger partial charge is 0.351 e. The number of thioether (sulfide) groups is 1. The second kappa shape index (κ2) is 11.5. The van der Waals surface area contributed by atoms with Gasteiger partial charge in [-0.3, -0.25) is 9.69 Å². The highest BCUT2D eigenvalue weighted by atomic mass is 32.2. The van der Waals surface area contributed by atoms with Crippen LogP contribution < -0.4 is 5.32 Å². The lowest BCUT2D eigenvalue weighted by Crippen LogP contribution is -2.43. The Labute approximate surface area is 186 Å². The maximum absolute atomic E-state index is 12.9. The van der Waals surface area contributed by atoms with Crippen molar-refractivity contribution in [1.82, 2.24) is 15.1 Å². The molecule has 1 N–H and O–H groups in total. The fourth-order valence-corrected chi connectivity index (χ4v) is 4.91. The number of carbonyl (C=O) groups is 1. The van der Waals surface area contributed by atoms with Gasteiger partial charge in [0.15, 0.2) is 0 Å². The molecule has 1 fully saturated rings. The molecule has 0 spiro atoms. The van der Waals surface area contributed by atoms with Crippen LogP contribution in [0.25, 0.3) is 0 Å². The summed E-state index contributed by atoms with van der Waals surface area (Å²) in [5, 5.41) is 3.13. The number of piperazine rings is 1. The molecule has 1 unspecified atom stereocenters. The number of hydrogen-bond acceptors (Lipinski definition) is 4. The number of amides is 1. The summed E-state index contributed by atoms with van der Waals surface area (Å²) in [4.78, 5) is 17.8. The molecule has 4 nitrogen and oxygen atoms in total. The SMILES string of the molecule is CC(C)C(SCc1ccccc1)C(=O)NCc1cccc(CN2CCN(C)CC2)c1. The first kappa shape index (κ1) is 22.9. The third-order valence-corrected chi connectivity index (χ3v) is 7.21. The smallest absolute Gasteiger partial charge is 0.233 e. The van der Waals surface area contributed by atoms with Gasteiger partial charge in [0.25, 0.3) is 0 Å². The summed E-state index contributed by atoms with van der Waals surface area (Å²) in [7, 11) is 2.18. The van der Waals surface area contributed by atoms with E-state index in [1.807, 2.05) is 6.07 Å². The normalized spacial score (nSPS) is 16.5. The van der Waals surface area contributed by atoms with Crippen molar-refractivity contribution in [2.75, 3.05) is 33.2 Å². The van der Waals surface area contributed by atoms with Gasteiger partial charge < -0.3 is 10.2 Å². The summed E-state index contributed by atoms with van der Waals surface area (Å²) < 4.78 is 0. The molecule has 0 radical (unpaired) electrons. The van der Waals surface area contributed by atoms with Crippen LogP contribution in [0, 0.1) is 5.92 Å². The fraction of sp³-hybridized carbons (Fsp3) is 0.480. The van der Waals surface area contributed by atoms with E-state index in [1.165, 1.54) is 16.7 Å². The number of hydrogen-bond donors (Lipinski definition) is 1. The summed E-state index contributed by atoms with van der Waals surface area (Å²) in [5.41, 5.74) is 3.76. The first-order chi connectivity index (χ1) is 14.5. The molecule has 1 aliphatic rings. The van der Waals surface area contributed by atoms with E-state index in [0.717, 1.165) is 38.5 Å². The van der Waals surface area contributed by atoms with E-state index in [0.29, 0.717) is 12.5 Å². The maximum Gasteiger partial charge on any atom is 0.233 e. The third-order valence-electron chi connectivity index (χ3n) is 5.60. The van der Waals surface area contributed by atoms with Gasteiger partial charge in [-0.25, -0.2) is 0 Å². The van der Waals surface area contributed by atoms with E-state index in [1.54, 1.807) is 11.8 Å². The lowest BCUT2D eigenvalue weighted by Gasteiger charge is -2.32. The molecule has 5 heteroatoms. The number of nitrogens with zero attached hydrogens (tertiary/aromatic N) is 2. The zero-order chi connectivity index (χ0) is 21.3. The van der Waals surface area contributed by atoms with Gasteiger partial charge in [0.2, 0.25) is 5.91 Å². The van der Waals surface area contributed by atoms with Gasteiger partial charge in [-0.2, -0.15) is 0 Å². The number of benzene rings is 2. The lowest BCUT2D eigenvalue weighted by molar-refractivity contribution is -0.121. The number of likely N-dealkylation sites (N-methyl/N-ethyl adjacent to an activating group) is 1. The van der Waals surface area contributed by atoms with Crippen molar-refractivity contribution < 1.29 is 4.79 Å². The highest BCUT2D eigenvalue weighted by Crippen LogP contribution is 2.24. The molecule has 162 valence electrons. The summed E-state index contributed by atoms with van der Waals surface area (Å²) in [6, 6.07) is 19.0. The van der Waals surface area contributed by atoms with Gasteiger partial charge in [-0.05, 0) is 29.7 Å². The summed E-state index contributed by atoms with van der Waals surface area (Å²) >= 11 is 1.73. The van der Waals surface area contributed by atoms with Crippen LogP contribution in [0.3, 0.4) is 0 Å². The monoisotopic (exact) mass is 425 g/mol. The molecule has 1 amide bonds. The predicted molar refractivity (Wildman–Crippen MR) is 127 cm³/mol. The van der Waals surface area contributed by atoms with E-state index >= 15 is 0 Å². The zero-order valence-electron chi connectivity index (χ0n) is 18.5. The molecule has 1 atom stereocenters. The highest BCUT2D eigenvalue weighted by molar-refractivity contribution is 7.99. The fourth-order valence-electron chi connectivity index (χ4n) is 3.72. The number of nitrogens with one attached hydrogen (secondary N) is 1. The molecule has 0 bridgehead atoms. The molecular weight excluding hydrogens is 390 g/mol. The van der Waals surface area contributed by atoms with Crippen molar-refractivity contribution in [1.29, 1.82) is 0 Å². The Morgan fingerprint density at radius 1 is 0.967 bits per heavy atom. The van der Waals surface area contributed by atoms with Crippen LogP contribution in [0.5, 0.6) is 0 Å². The van der Waals surface area contributed by atoms with Gasteiger partial charge in [0, 0.05) is 45.0 Å². The topological polar surface area (TPSA) is 35.6 Å². The van der Waals surface area contributed by atoms with Crippen LogP contribution in [-0.4, -0.2) is 54.2 Å². The Kier molecular flexibility index (Phi) is 8.79. The Morgan fingerprint density at radius 2 is 1.63 bits per heavy atom. The summed E-state index contributed by atoms with van der Waals surface area (Å²) in [6.07, 6.45) is 0. The van der Waals surface area contributed by atoms with Crippen molar-refractivity contribution in [2.24, 2.45) is 5.92 Å². The minimum absolute atomic E-state index is 0.0428. The highest BCUT2D eigenvalue weighted by Gasteiger charge is 2.22. The van der Waals surface area contributed by atoms with E-state index in [2.05, 4.69) is 84.5 Å².